The number of hydrogen-bond acceptors (Lipinski definition) is 2. The Morgan fingerprint density at radius 2 is 1.57 bits per heavy atom. The second-order valence-electron chi connectivity index (χ2n) is 10.9. The Labute approximate surface area is 240 Å². The molecule has 1 aliphatic rings. The van der Waals surface area contributed by atoms with Gasteiger partial charge < -0.3 is 14.8 Å². The zero-order chi connectivity index (χ0) is 30.8. The molecule has 1 saturated carbocycles. The Hall–Kier alpha value is -3.76. The lowest BCUT2D eigenvalue weighted by molar-refractivity contribution is -0.143. The number of nitrogens with zero attached hydrogens (tertiary/aromatic N) is 2. The van der Waals surface area contributed by atoms with Crippen LogP contribution in [-0.4, -0.2) is 40.4 Å². The zero-order valence-electron chi connectivity index (χ0n) is 23.6. The highest BCUT2D eigenvalue weighted by atomic mass is 19.4. The van der Waals surface area contributed by atoms with Gasteiger partial charge >= 0.3 is 12.4 Å². The smallest absolute Gasteiger partial charge is 0.350 e. The van der Waals surface area contributed by atoms with E-state index >= 15 is 0 Å². The maximum Gasteiger partial charge on any atom is 0.416 e. The van der Waals surface area contributed by atoms with E-state index in [9.17, 15) is 35.9 Å². The largest absolute Gasteiger partial charge is 0.416 e. The number of carbonyl (C=O) groups is 2. The first kappa shape index (κ1) is 31.2. The predicted octanol–water partition coefficient (Wildman–Crippen LogP) is 7.29. The van der Waals surface area contributed by atoms with Crippen LogP contribution in [0.5, 0.6) is 0 Å². The Kier molecular flexibility index (Phi) is 9.08. The molecule has 0 spiro atoms. The molecule has 0 radical (unpaired) electrons. The van der Waals surface area contributed by atoms with Crippen molar-refractivity contribution in [3.05, 3.63) is 82.6 Å². The number of nitrogens with one attached hydrogen (secondary N) is 1. The number of halogens is 6. The monoisotopic (exact) mass is 593 g/mol. The normalized spacial score (nSPS) is 16.0. The first-order valence-electron chi connectivity index (χ1n) is 13.7. The first-order chi connectivity index (χ1) is 19.6. The van der Waals surface area contributed by atoms with Crippen molar-refractivity contribution in [2.24, 2.45) is 7.05 Å². The molecule has 1 atom stereocenters. The molecule has 42 heavy (non-hydrogen) atoms. The number of carbonyl (C=O) groups excluding carboxylic acids is 2. The summed E-state index contributed by atoms with van der Waals surface area (Å²) in [7, 11) is 3.14. The lowest BCUT2D eigenvalue weighted by Gasteiger charge is -2.28. The Morgan fingerprint density at radius 1 is 0.976 bits per heavy atom. The summed E-state index contributed by atoms with van der Waals surface area (Å²) < 4.78 is 82.9. The minimum absolute atomic E-state index is 0.0105. The van der Waals surface area contributed by atoms with E-state index in [0.717, 1.165) is 53.6 Å². The molecule has 0 bridgehead atoms. The van der Waals surface area contributed by atoms with Crippen molar-refractivity contribution < 1.29 is 35.9 Å². The quantitative estimate of drug-likeness (QED) is 0.231. The third-order valence-electron chi connectivity index (χ3n) is 7.86. The fourth-order valence-corrected chi connectivity index (χ4v) is 5.41. The molecule has 226 valence electrons. The number of fused-ring (bicyclic) bond motifs is 1. The van der Waals surface area contributed by atoms with E-state index in [4.69, 9.17) is 0 Å². The molecule has 2 amide bonds. The molecule has 1 N–H and O–H groups in total. The number of alkyl halides is 6. The van der Waals surface area contributed by atoms with Gasteiger partial charge in [-0.25, -0.2) is 0 Å². The van der Waals surface area contributed by atoms with Crippen molar-refractivity contribution in [1.29, 1.82) is 0 Å². The van der Waals surface area contributed by atoms with Crippen LogP contribution in [0.3, 0.4) is 0 Å². The molecule has 1 aromatic heterocycles. The van der Waals surface area contributed by atoms with E-state index in [1.807, 2.05) is 41.9 Å². The third-order valence-corrected chi connectivity index (χ3v) is 7.86. The van der Waals surface area contributed by atoms with Crippen LogP contribution in [0.4, 0.5) is 26.3 Å². The molecular weight excluding hydrogens is 560 g/mol. The molecule has 2 aromatic carbocycles. The molecule has 11 heteroatoms. The number of para-hydroxylation sites is 1. The van der Waals surface area contributed by atoms with Crippen LogP contribution < -0.4 is 5.32 Å². The van der Waals surface area contributed by atoms with Gasteiger partial charge in [0.15, 0.2) is 0 Å². The van der Waals surface area contributed by atoms with Crippen LogP contribution in [0, 0.1) is 0 Å². The van der Waals surface area contributed by atoms with E-state index < -0.39 is 41.0 Å². The van der Waals surface area contributed by atoms with Crippen molar-refractivity contribution in [2.45, 2.75) is 69.9 Å². The van der Waals surface area contributed by atoms with Crippen molar-refractivity contribution in [1.82, 2.24) is 14.8 Å². The molecule has 4 rings (SSSR count). The zero-order valence-corrected chi connectivity index (χ0v) is 23.6. The van der Waals surface area contributed by atoms with Gasteiger partial charge in [0.2, 0.25) is 5.91 Å². The number of benzene rings is 2. The van der Waals surface area contributed by atoms with Crippen molar-refractivity contribution >= 4 is 22.7 Å². The minimum atomic E-state index is -5.09. The molecule has 1 fully saturated rings. The highest BCUT2D eigenvalue weighted by Gasteiger charge is 2.38. The van der Waals surface area contributed by atoms with E-state index in [2.05, 4.69) is 5.32 Å². The van der Waals surface area contributed by atoms with E-state index in [1.165, 1.54) is 7.05 Å². The first-order valence-corrected chi connectivity index (χ1v) is 13.7. The van der Waals surface area contributed by atoms with E-state index in [-0.39, 0.29) is 24.4 Å². The fourth-order valence-electron chi connectivity index (χ4n) is 5.41. The van der Waals surface area contributed by atoms with Crippen molar-refractivity contribution in [3.8, 4) is 0 Å². The van der Waals surface area contributed by atoms with Gasteiger partial charge in [-0.3, -0.25) is 9.59 Å². The highest BCUT2D eigenvalue weighted by Crippen LogP contribution is 2.36. The van der Waals surface area contributed by atoms with Gasteiger partial charge in [0, 0.05) is 48.9 Å². The lowest BCUT2D eigenvalue weighted by Crippen LogP contribution is -2.40. The topological polar surface area (TPSA) is 54.3 Å². The summed E-state index contributed by atoms with van der Waals surface area (Å²) in [6.07, 6.45) is -3.65. The molecule has 3 aromatic rings. The summed E-state index contributed by atoms with van der Waals surface area (Å²) in [6, 6.07) is 9.45. The number of amides is 2. The number of aromatic nitrogens is 1. The highest BCUT2D eigenvalue weighted by molar-refractivity contribution is 5.96. The maximum absolute atomic E-state index is 13.5. The molecule has 0 saturated heterocycles. The van der Waals surface area contributed by atoms with Gasteiger partial charge in [0.25, 0.3) is 5.91 Å². The second kappa shape index (κ2) is 12.2. The average Bonchev–Trinajstić information content (AvgIpc) is 3.26. The molecule has 1 heterocycles. The maximum atomic E-state index is 13.5. The molecular formula is C31H33F6N3O2. The van der Waals surface area contributed by atoms with Crippen LogP contribution in [0.2, 0.25) is 0 Å². The van der Waals surface area contributed by atoms with E-state index in [1.54, 1.807) is 13.0 Å². The Balaban J connectivity index is 1.71. The number of rotatable bonds is 7. The number of hydrogen-bond donors (Lipinski definition) is 1. The summed E-state index contributed by atoms with van der Waals surface area (Å²) in [6.45, 7) is 1.58. The average molecular weight is 594 g/mol. The van der Waals surface area contributed by atoms with Crippen LogP contribution >= 0.6 is 0 Å². The number of aryl methyl sites for hydroxylation is 1. The van der Waals surface area contributed by atoms with Crippen molar-refractivity contribution in [2.75, 3.05) is 7.05 Å². The van der Waals surface area contributed by atoms with Gasteiger partial charge in [0.05, 0.1) is 17.2 Å². The van der Waals surface area contributed by atoms with Gasteiger partial charge in [-0.15, -0.1) is 0 Å². The van der Waals surface area contributed by atoms with Crippen molar-refractivity contribution in [3.63, 3.8) is 0 Å². The summed E-state index contributed by atoms with van der Waals surface area (Å²) >= 11 is 0. The second-order valence-corrected chi connectivity index (χ2v) is 10.9. The predicted molar refractivity (Wildman–Crippen MR) is 148 cm³/mol. The fraction of sp³-hybridized carbons (Fsp3) is 0.419. The standard InChI is InChI=1S/C31H33F6N3O2/c1-19(28(41)38-24-10-5-4-6-11-24)13-25(18-26-16-20-9-7-8-12-27(20)39(26)2)40(3)29(42)21-14-22(30(32,33)34)17-23(15-21)31(35,36)37/h7-9,12-17,24-25H,4-6,10-11,18H2,1-3H3,(H,38,41). The molecule has 5 nitrogen and oxygen atoms in total. The van der Waals surface area contributed by atoms with Crippen LogP contribution in [-0.2, 0) is 30.6 Å². The molecule has 1 unspecified atom stereocenters. The summed E-state index contributed by atoms with van der Waals surface area (Å²) in [5.74, 6) is -1.37. The summed E-state index contributed by atoms with van der Waals surface area (Å²) in [5.41, 5.74) is -1.93. The van der Waals surface area contributed by atoms with Gasteiger partial charge in [0.1, 0.15) is 0 Å². The molecule has 0 aliphatic heterocycles. The van der Waals surface area contributed by atoms with Gasteiger partial charge in [-0.05, 0) is 55.5 Å². The summed E-state index contributed by atoms with van der Waals surface area (Å²) in [4.78, 5) is 27.6. The van der Waals surface area contributed by atoms with E-state index in [0.29, 0.717) is 17.7 Å². The van der Waals surface area contributed by atoms with Crippen LogP contribution in [0.1, 0.15) is 66.2 Å². The SMILES string of the molecule is CC(=CC(Cc1cc2ccccc2n1C)N(C)C(=O)c1cc(C(F)(F)F)cc(C(F)(F)F)c1)C(=O)NC1CCCCC1. The number of likely N-dealkylation sites (N-methyl/N-ethyl adjacent to an activating group) is 1. The lowest BCUT2D eigenvalue weighted by atomic mass is 9.95. The third kappa shape index (κ3) is 7.17. The van der Waals surface area contributed by atoms with Crippen LogP contribution in [0.25, 0.3) is 10.9 Å². The molecule has 1 aliphatic carbocycles. The van der Waals surface area contributed by atoms with Gasteiger partial charge in [-0.2, -0.15) is 26.3 Å². The summed E-state index contributed by atoms with van der Waals surface area (Å²) in [5, 5.41) is 3.93. The van der Waals surface area contributed by atoms with Gasteiger partial charge in [-0.1, -0.05) is 43.5 Å². The Morgan fingerprint density at radius 3 is 2.14 bits per heavy atom. The Bertz CT molecular complexity index is 1450. The van der Waals surface area contributed by atoms with Crippen LogP contribution in [0.15, 0.2) is 60.2 Å². The minimum Gasteiger partial charge on any atom is -0.350 e.